The summed E-state index contributed by atoms with van der Waals surface area (Å²) in [5.41, 5.74) is 1.19. The van der Waals surface area contributed by atoms with E-state index in [1.54, 1.807) is 0 Å². The van der Waals surface area contributed by atoms with Crippen LogP contribution in [0.25, 0.3) is 0 Å². The molecule has 1 heterocycles. The average molecular weight is 301 g/mol. The summed E-state index contributed by atoms with van der Waals surface area (Å²) in [6.45, 7) is 3.70. The molecule has 1 unspecified atom stereocenters. The van der Waals surface area contributed by atoms with Gasteiger partial charge in [0.25, 0.3) is 0 Å². The van der Waals surface area contributed by atoms with Crippen LogP contribution < -0.4 is 16.0 Å². The van der Waals surface area contributed by atoms with Gasteiger partial charge in [-0.05, 0) is 63.4 Å². The Morgan fingerprint density at radius 2 is 1.77 bits per heavy atom. The van der Waals surface area contributed by atoms with Crippen LogP contribution in [0, 0.1) is 11.3 Å². The van der Waals surface area contributed by atoms with E-state index in [2.05, 4.69) is 16.0 Å². The van der Waals surface area contributed by atoms with Crippen molar-refractivity contribution in [1.82, 2.24) is 5.32 Å². The van der Waals surface area contributed by atoms with Gasteiger partial charge in [0.1, 0.15) is 0 Å². The lowest BCUT2D eigenvalue weighted by Crippen LogP contribution is -2.46. The molecule has 3 N–H and O–H groups in total. The van der Waals surface area contributed by atoms with E-state index in [-0.39, 0.29) is 23.1 Å². The molecule has 2 amide bonds. The van der Waals surface area contributed by atoms with Crippen LogP contribution in [0.4, 0.5) is 11.4 Å². The molecule has 5 heteroatoms. The highest BCUT2D eigenvalue weighted by Crippen LogP contribution is 2.30. The van der Waals surface area contributed by atoms with Gasteiger partial charge in [0.05, 0.1) is 5.41 Å². The van der Waals surface area contributed by atoms with Crippen LogP contribution in [0.3, 0.4) is 0 Å². The molecule has 2 fully saturated rings. The number of rotatable bonds is 4. The fourth-order valence-electron chi connectivity index (χ4n) is 2.76. The first-order valence-corrected chi connectivity index (χ1v) is 8.00. The van der Waals surface area contributed by atoms with Crippen molar-refractivity contribution < 1.29 is 9.59 Å². The maximum Gasteiger partial charge on any atom is 0.231 e. The second-order valence-corrected chi connectivity index (χ2v) is 6.64. The first-order chi connectivity index (χ1) is 10.6. The number of carbonyl (C=O) groups is 2. The van der Waals surface area contributed by atoms with Gasteiger partial charge in [-0.2, -0.15) is 0 Å². The zero-order valence-electron chi connectivity index (χ0n) is 12.9. The van der Waals surface area contributed by atoms with Gasteiger partial charge < -0.3 is 16.0 Å². The lowest BCUT2D eigenvalue weighted by molar-refractivity contribution is -0.125. The van der Waals surface area contributed by atoms with Crippen molar-refractivity contribution in [3.8, 4) is 0 Å². The van der Waals surface area contributed by atoms with Crippen LogP contribution in [-0.2, 0) is 9.59 Å². The summed E-state index contributed by atoms with van der Waals surface area (Å²) in [5, 5.41) is 9.15. The van der Waals surface area contributed by atoms with Gasteiger partial charge >= 0.3 is 0 Å². The highest BCUT2D eigenvalue weighted by Gasteiger charge is 2.34. The molecular formula is C17H23N3O2. The molecule has 22 heavy (non-hydrogen) atoms. The first kappa shape index (κ1) is 15.0. The molecule has 1 aliphatic heterocycles. The van der Waals surface area contributed by atoms with Crippen LogP contribution in [0.1, 0.15) is 32.6 Å². The van der Waals surface area contributed by atoms with Crippen molar-refractivity contribution in [2.24, 2.45) is 11.3 Å². The molecule has 0 spiro atoms. The van der Waals surface area contributed by atoms with Crippen LogP contribution in [0.15, 0.2) is 24.3 Å². The van der Waals surface area contributed by atoms with E-state index in [1.165, 1.54) is 0 Å². The van der Waals surface area contributed by atoms with E-state index < -0.39 is 0 Å². The SMILES string of the molecule is CC1(C(=O)Nc2ccc(NC(=O)C3CC3)cc2)CCCNC1. The maximum atomic E-state index is 12.4. The minimum Gasteiger partial charge on any atom is -0.326 e. The van der Waals surface area contributed by atoms with Gasteiger partial charge in [0.2, 0.25) is 11.8 Å². The van der Waals surface area contributed by atoms with E-state index >= 15 is 0 Å². The Morgan fingerprint density at radius 3 is 2.32 bits per heavy atom. The standard InChI is InChI=1S/C17H23N3O2/c1-17(9-2-10-18-11-17)16(22)20-14-7-5-13(6-8-14)19-15(21)12-3-4-12/h5-8,12,18H,2-4,9-11H2,1H3,(H,19,21)(H,20,22). The predicted molar refractivity (Wildman–Crippen MR) is 86.6 cm³/mol. The lowest BCUT2D eigenvalue weighted by Gasteiger charge is -2.32. The zero-order valence-corrected chi connectivity index (χ0v) is 12.9. The summed E-state index contributed by atoms with van der Waals surface area (Å²) in [4.78, 5) is 24.1. The Bertz CT molecular complexity index is 558. The van der Waals surface area contributed by atoms with E-state index in [0.717, 1.165) is 43.6 Å². The van der Waals surface area contributed by atoms with E-state index in [1.807, 2.05) is 31.2 Å². The van der Waals surface area contributed by atoms with Crippen molar-refractivity contribution in [2.45, 2.75) is 32.6 Å². The number of nitrogens with one attached hydrogen (secondary N) is 3. The summed E-state index contributed by atoms with van der Waals surface area (Å²) in [7, 11) is 0. The van der Waals surface area contributed by atoms with Gasteiger partial charge in [-0.25, -0.2) is 0 Å². The Kier molecular flexibility index (Phi) is 4.16. The summed E-state index contributed by atoms with van der Waals surface area (Å²) < 4.78 is 0. The molecule has 1 aromatic carbocycles. The van der Waals surface area contributed by atoms with Crippen molar-refractivity contribution in [1.29, 1.82) is 0 Å². The predicted octanol–water partition coefficient (Wildman–Crippen LogP) is 2.36. The Hall–Kier alpha value is -1.88. The molecule has 1 atom stereocenters. The molecule has 2 aliphatic rings. The zero-order chi connectivity index (χ0) is 15.6. The molecule has 1 aliphatic carbocycles. The molecular weight excluding hydrogens is 278 g/mol. The van der Waals surface area contributed by atoms with Crippen molar-refractivity contribution in [3.63, 3.8) is 0 Å². The molecule has 1 saturated carbocycles. The fourth-order valence-corrected chi connectivity index (χ4v) is 2.76. The van der Waals surface area contributed by atoms with Gasteiger partial charge in [-0.15, -0.1) is 0 Å². The number of carbonyl (C=O) groups excluding carboxylic acids is 2. The second kappa shape index (κ2) is 6.08. The summed E-state index contributed by atoms with van der Waals surface area (Å²) in [5.74, 6) is 0.338. The topological polar surface area (TPSA) is 70.2 Å². The third-order valence-electron chi connectivity index (χ3n) is 4.50. The third-order valence-corrected chi connectivity index (χ3v) is 4.50. The molecule has 118 valence electrons. The van der Waals surface area contributed by atoms with E-state index in [0.29, 0.717) is 6.54 Å². The van der Waals surface area contributed by atoms with Crippen LogP contribution in [-0.4, -0.2) is 24.9 Å². The lowest BCUT2D eigenvalue weighted by atomic mass is 9.82. The third kappa shape index (κ3) is 3.47. The van der Waals surface area contributed by atoms with Crippen LogP contribution in [0.5, 0.6) is 0 Å². The maximum absolute atomic E-state index is 12.4. The molecule has 0 aromatic heterocycles. The Balaban J connectivity index is 1.58. The van der Waals surface area contributed by atoms with Gasteiger partial charge in [0.15, 0.2) is 0 Å². The van der Waals surface area contributed by atoms with Crippen molar-refractivity contribution in [3.05, 3.63) is 24.3 Å². The molecule has 1 saturated heterocycles. The summed E-state index contributed by atoms with van der Waals surface area (Å²) >= 11 is 0. The van der Waals surface area contributed by atoms with E-state index in [9.17, 15) is 9.59 Å². The van der Waals surface area contributed by atoms with Crippen LogP contribution >= 0.6 is 0 Å². The van der Waals surface area contributed by atoms with Gasteiger partial charge in [-0.3, -0.25) is 9.59 Å². The monoisotopic (exact) mass is 301 g/mol. The first-order valence-electron chi connectivity index (χ1n) is 8.00. The number of hydrogen-bond donors (Lipinski definition) is 3. The smallest absolute Gasteiger partial charge is 0.231 e. The Morgan fingerprint density at radius 1 is 1.14 bits per heavy atom. The molecule has 1 aromatic rings. The molecule has 3 rings (SSSR count). The molecule has 5 nitrogen and oxygen atoms in total. The summed E-state index contributed by atoms with van der Waals surface area (Å²) in [6.07, 6.45) is 3.91. The summed E-state index contributed by atoms with van der Waals surface area (Å²) in [6, 6.07) is 7.33. The average Bonchev–Trinajstić information content (AvgIpc) is 3.35. The Labute approximate surface area is 130 Å². The minimum absolute atomic E-state index is 0.0504. The number of piperidine rings is 1. The number of amides is 2. The van der Waals surface area contributed by atoms with Crippen molar-refractivity contribution in [2.75, 3.05) is 23.7 Å². The molecule has 0 radical (unpaired) electrons. The highest BCUT2D eigenvalue weighted by atomic mass is 16.2. The normalized spacial score (nSPS) is 24.6. The van der Waals surface area contributed by atoms with Crippen molar-refractivity contribution >= 4 is 23.2 Å². The largest absolute Gasteiger partial charge is 0.326 e. The highest BCUT2D eigenvalue weighted by molar-refractivity contribution is 5.96. The number of benzene rings is 1. The van der Waals surface area contributed by atoms with Crippen LogP contribution in [0.2, 0.25) is 0 Å². The number of anilines is 2. The van der Waals surface area contributed by atoms with E-state index in [4.69, 9.17) is 0 Å². The number of hydrogen-bond acceptors (Lipinski definition) is 3. The fraction of sp³-hybridized carbons (Fsp3) is 0.529. The quantitative estimate of drug-likeness (QED) is 0.799. The second-order valence-electron chi connectivity index (χ2n) is 6.64. The van der Waals surface area contributed by atoms with Gasteiger partial charge in [0, 0.05) is 23.8 Å². The van der Waals surface area contributed by atoms with Gasteiger partial charge in [-0.1, -0.05) is 0 Å². The molecule has 0 bridgehead atoms. The minimum atomic E-state index is -0.350.